The van der Waals surface area contributed by atoms with Crippen LogP contribution in [0.4, 0.5) is 0 Å². The van der Waals surface area contributed by atoms with Gasteiger partial charge in [0, 0.05) is 33.3 Å². The molecule has 0 aliphatic rings. The third-order valence-electron chi connectivity index (χ3n) is 3.47. The molecule has 7 heteroatoms. The molecule has 1 N–H and O–H groups in total. The Hall–Kier alpha value is -2.80. The number of aromatic amines is 1. The SMILES string of the molecule is O=c1c2[nH]c3ccc(Br)cc3c2ncn1/N=C\c1cccnc1. The molecule has 3 heterocycles. The van der Waals surface area contributed by atoms with Crippen LogP contribution in [-0.2, 0) is 0 Å². The van der Waals surface area contributed by atoms with Crippen molar-refractivity contribution in [3.8, 4) is 0 Å². The van der Waals surface area contributed by atoms with E-state index in [4.69, 9.17) is 0 Å². The van der Waals surface area contributed by atoms with Gasteiger partial charge in [0.05, 0.1) is 6.21 Å². The highest BCUT2D eigenvalue weighted by Crippen LogP contribution is 2.24. The number of rotatable bonds is 2. The Labute approximate surface area is 138 Å². The molecule has 23 heavy (non-hydrogen) atoms. The molecule has 4 rings (SSSR count). The second-order valence-electron chi connectivity index (χ2n) is 4.96. The molecule has 3 aromatic heterocycles. The van der Waals surface area contributed by atoms with Crippen LogP contribution in [0.15, 0.2) is 63.4 Å². The largest absolute Gasteiger partial charge is 0.349 e. The predicted molar refractivity (Wildman–Crippen MR) is 92.8 cm³/mol. The number of benzene rings is 1. The van der Waals surface area contributed by atoms with E-state index in [0.717, 1.165) is 20.9 Å². The first-order valence-electron chi connectivity index (χ1n) is 6.85. The molecule has 0 aliphatic heterocycles. The Morgan fingerprint density at radius 3 is 3.04 bits per heavy atom. The van der Waals surface area contributed by atoms with Crippen LogP contribution in [0.3, 0.4) is 0 Å². The van der Waals surface area contributed by atoms with E-state index in [-0.39, 0.29) is 5.56 Å². The number of nitrogens with one attached hydrogen (secondary N) is 1. The summed E-state index contributed by atoms with van der Waals surface area (Å²) in [4.78, 5) is 24.0. The van der Waals surface area contributed by atoms with Crippen molar-refractivity contribution in [3.05, 3.63) is 69.4 Å². The highest BCUT2D eigenvalue weighted by atomic mass is 79.9. The maximum atomic E-state index is 12.6. The van der Waals surface area contributed by atoms with E-state index in [1.54, 1.807) is 24.7 Å². The average molecular weight is 368 g/mol. The molecule has 0 unspecified atom stereocenters. The second-order valence-corrected chi connectivity index (χ2v) is 5.88. The Kier molecular flexibility index (Phi) is 3.27. The molecule has 0 atom stereocenters. The summed E-state index contributed by atoms with van der Waals surface area (Å²) < 4.78 is 2.14. The van der Waals surface area contributed by atoms with Gasteiger partial charge in [0.2, 0.25) is 0 Å². The van der Waals surface area contributed by atoms with Crippen molar-refractivity contribution >= 4 is 44.1 Å². The summed E-state index contributed by atoms with van der Waals surface area (Å²) in [5.41, 5.74) is 2.49. The number of H-pyrrole nitrogens is 1. The van der Waals surface area contributed by atoms with E-state index in [2.05, 4.69) is 36.0 Å². The van der Waals surface area contributed by atoms with Crippen LogP contribution in [0, 0.1) is 0 Å². The topological polar surface area (TPSA) is 75.9 Å². The van der Waals surface area contributed by atoms with Gasteiger partial charge in [0.25, 0.3) is 5.56 Å². The molecule has 1 aromatic carbocycles. The number of fused-ring (bicyclic) bond motifs is 3. The van der Waals surface area contributed by atoms with Gasteiger partial charge in [0.15, 0.2) is 0 Å². The lowest BCUT2D eigenvalue weighted by molar-refractivity contribution is 0.815. The van der Waals surface area contributed by atoms with E-state index in [1.165, 1.54) is 11.0 Å². The van der Waals surface area contributed by atoms with E-state index in [9.17, 15) is 4.79 Å². The summed E-state index contributed by atoms with van der Waals surface area (Å²) in [5, 5.41) is 5.06. The molecule has 0 amide bonds. The monoisotopic (exact) mass is 367 g/mol. The molecule has 0 bridgehead atoms. The van der Waals surface area contributed by atoms with Crippen molar-refractivity contribution in [1.29, 1.82) is 0 Å². The van der Waals surface area contributed by atoms with Gasteiger partial charge in [-0.25, -0.2) is 4.98 Å². The number of nitrogens with zero attached hydrogens (tertiary/aromatic N) is 4. The second kappa shape index (κ2) is 5.44. The minimum absolute atomic E-state index is 0.248. The van der Waals surface area contributed by atoms with Gasteiger partial charge in [-0.05, 0) is 24.3 Å². The van der Waals surface area contributed by atoms with Crippen LogP contribution in [-0.4, -0.2) is 25.8 Å². The lowest BCUT2D eigenvalue weighted by Gasteiger charge is -1.97. The van der Waals surface area contributed by atoms with Gasteiger partial charge in [0.1, 0.15) is 17.4 Å². The molecule has 6 nitrogen and oxygen atoms in total. The maximum absolute atomic E-state index is 12.6. The fourth-order valence-electron chi connectivity index (χ4n) is 2.38. The zero-order valence-corrected chi connectivity index (χ0v) is 13.4. The molecule has 4 aromatic rings. The van der Waals surface area contributed by atoms with E-state index >= 15 is 0 Å². The van der Waals surface area contributed by atoms with Gasteiger partial charge in [-0.3, -0.25) is 9.78 Å². The quantitative estimate of drug-likeness (QED) is 0.553. The fourth-order valence-corrected chi connectivity index (χ4v) is 2.74. The van der Waals surface area contributed by atoms with Gasteiger partial charge in [-0.1, -0.05) is 22.0 Å². The third-order valence-corrected chi connectivity index (χ3v) is 3.96. The molecular weight excluding hydrogens is 358 g/mol. The van der Waals surface area contributed by atoms with Crippen molar-refractivity contribution in [2.75, 3.05) is 0 Å². The zero-order chi connectivity index (χ0) is 15.8. The van der Waals surface area contributed by atoms with Crippen LogP contribution in [0.5, 0.6) is 0 Å². The van der Waals surface area contributed by atoms with Crippen LogP contribution in [0.1, 0.15) is 5.56 Å². The van der Waals surface area contributed by atoms with Crippen LogP contribution >= 0.6 is 15.9 Å². The number of hydrogen-bond acceptors (Lipinski definition) is 4. The first kappa shape index (κ1) is 13.8. The lowest BCUT2D eigenvalue weighted by Crippen LogP contribution is -2.17. The van der Waals surface area contributed by atoms with Crippen LogP contribution < -0.4 is 5.56 Å². The Morgan fingerprint density at radius 2 is 2.22 bits per heavy atom. The Morgan fingerprint density at radius 1 is 1.30 bits per heavy atom. The van der Waals surface area contributed by atoms with Crippen molar-refractivity contribution in [1.82, 2.24) is 19.6 Å². The number of halogens is 1. The first-order chi connectivity index (χ1) is 11.2. The maximum Gasteiger partial charge on any atom is 0.298 e. The Bertz CT molecular complexity index is 1100. The average Bonchev–Trinajstić information content (AvgIpc) is 2.94. The molecule has 0 saturated carbocycles. The van der Waals surface area contributed by atoms with E-state index in [1.807, 2.05) is 24.3 Å². The fraction of sp³-hybridized carbons (Fsp3) is 0. The van der Waals surface area contributed by atoms with E-state index in [0.29, 0.717) is 11.0 Å². The van der Waals surface area contributed by atoms with Crippen LogP contribution in [0.25, 0.3) is 21.9 Å². The smallest absolute Gasteiger partial charge is 0.298 e. The normalized spacial score (nSPS) is 11.7. The molecular formula is C16H10BrN5O. The standard InChI is InChI=1S/C16H10BrN5O/c17-11-3-4-13-12(6-11)14-15(21-13)16(23)22(9-19-14)20-8-10-2-1-5-18-7-10/h1-9,21H/b20-8-. The third kappa shape index (κ3) is 2.44. The predicted octanol–water partition coefficient (Wildman–Crippen LogP) is 2.92. The van der Waals surface area contributed by atoms with Crippen molar-refractivity contribution < 1.29 is 0 Å². The number of aromatic nitrogens is 4. The van der Waals surface area contributed by atoms with Gasteiger partial charge >= 0.3 is 0 Å². The molecule has 0 radical (unpaired) electrons. The van der Waals surface area contributed by atoms with Crippen LogP contribution in [0.2, 0.25) is 0 Å². The van der Waals surface area contributed by atoms with E-state index < -0.39 is 0 Å². The summed E-state index contributed by atoms with van der Waals surface area (Å²) >= 11 is 3.43. The minimum atomic E-state index is -0.248. The van der Waals surface area contributed by atoms with Gasteiger partial charge in [-0.15, -0.1) is 0 Å². The molecule has 0 saturated heterocycles. The Balaban J connectivity index is 1.87. The number of pyridine rings is 1. The van der Waals surface area contributed by atoms with Crippen molar-refractivity contribution in [2.24, 2.45) is 5.10 Å². The number of hydrogen-bond donors (Lipinski definition) is 1. The summed E-state index contributed by atoms with van der Waals surface area (Å²) in [6.07, 6.45) is 6.34. The lowest BCUT2D eigenvalue weighted by atomic mass is 10.2. The zero-order valence-electron chi connectivity index (χ0n) is 11.8. The van der Waals surface area contributed by atoms with Gasteiger partial charge < -0.3 is 4.98 Å². The highest BCUT2D eigenvalue weighted by molar-refractivity contribution is 9.10. The molecule has 0 aliphatic carbocycles. The first-order valence-corrected chi connectivity index (χ1v) is 7.65. The molecule has 112 valence electrons. The highest BCUT2D eigenvalue weighted by Gasteiger charge is 2.10. The minimum Gasteiger partial charge on any atom is -0.349 e. The molecule has 0 spiro atoms. The summed E-state index contributed by atoms with van der Waals surface area (Å²) in [6.45, 7) is 0. The molecule has 0 fully saturated rings. The summed E-state index contributed by atoms with van der Waals surface area (Å²) in [5.74, 6) is 0. The van der Waals surface area contributed by atoms with Crippen molar-refractivity contribution in [2.45, 2.75) is 0 Å². The summed E-state index contributed by atoms with van der Waals surface area (Å²) in [6, 6.07) is 9.42. The van der Waals surface area contributed by atoms with Crippen molar-refractivity contribution in [3.63, 3.8) is 0 Å². The summed E-state index contributed by atoms with van der Waals surface area (Å²) in [7, 11) is 0. The van der Waals surface area contributed by atoms with Gasteiger partial charge in [-0.2, -0.15) is 9.78 Å².